The third-order valence-corrected chi connectivity index (χ3v) is 10.2. The number of benzene rings is 8. The van der Waals surface area contributed by atoms with E-state index in [1.54, 1.807) is 0 Å². The second kappa shape index (κ2) is 13.2. The van der Waals surface area contributed by atoms with Gasteiger partial charge in [-0.15, -0.1) is 0 Å². The van der Waals surface area contributed by atoms with E-state index in [1.165, 1.54) is 54.9 Å². The van der Waals surface area contributed by atoms with Crippen molar-refractivity contribution in [2.45, 2.75) is 13.8 Å². The molecule has 2 nitrogen and oxygen atoms in total. The van der Waals surface area contributed by atoms with E-state index < -0.39 is 0 Å². The van der Waals surface area contributed by atoms with Gasteiger partial charge in [0.05, 0.1) is 11.1 Å². The van der Waals surface area contributed by atoms with Crippen molar-refractivity contribution in [2.24, 2.45) is 0 Å². The monoisotopic (exact) mass is 667 g/mol. The zero-order valence-corrected chi connectivity index (χ0v) is 29.3. The Bertz CT molecular complexity index is 2720. The Labute approximate surface area is 304 Å². The van der Waals surface area contributed by atoms with E-state index >= 15 is 0 Å². The Morgan fingerprint density at radius 2 is 1.04 bits per heavy atom. The molecule has 0 unspecified atom stereocenters. The van der Waals surface area contributed by atoms with Gasteiger partial charge in [-0.25, -0.2) is 0 Å². The van der Waals surface area contributed by atoms with Crippen LogP contribution in [0.4, 0.5) is 17.1 Å². The summed E-state index contributed by atoms with van der Waals surface area (Å²) in [4.78, 5) is 2.35. The lowest BCUT2D eigenvalue weighted by molar-refractivity contribution is 0.577. The van der Waals surface area contributed by atoms with Gasteiger partial charge >= 0.3 is 0 Å². The average Bonchev–Trinajstić information content (AvgIpc) is 3.53. The maximum absolute atomic E-state index is 6.30. The fourth-order valence-electron chi connectivity index (χ4n) is 7.62. The van der Waals surface area contributed by atoms with E-state index in [-0.39, 0.29) is 0 Å². The lowest BCUT2D eigenvalue weighted by Gasteiger charge is -2.27. The molecule has 0 bridgehead atoms. The number of nitrogens with zero attached hydrogens (tertiary/aromatic N) is 1. The van der Waals surface area contributed by atoms with Gasteiger partial charge in [-0.05, 0) is 105 Å². The average molecular weight is 668 g/mol. The first-order chi connectivity index (χ1) is 25.7. The number of fused-ring (bicyclic) bond motifs is 4. The number of anilines is 3. The smallest absolute Gasteiger partial charge is 0.137 e. The van der Waals surface area contributed by atoms with Gasteiger partial charge in [0, 0.05) is 16.9 Å². The Morgan fingerprint density at radius 1 is 0.462 bits per heavy atom. The van der Waals surface area contributed by atoms with Crippen molar-refractivity contribution in [3.63, 3.8) is 0 Å². The summed E-state index contributed by atoms with van der Waals surface area (Å²) in [6.45, 7) is 4.10. The van der Waals surface area contributed by atoms with Crippen LogP contribution in [0, 0.1) is 6.92 Å². The van der Waals surface area contributed by atoms with Crippen molar-refractivity contribution in [1.82, 2.24) is 0 Å². The molecule has 8 aromatic carbocycles. The zero-order valence-electron chi connectivity index (χ0n) is 29.3. The minimum absolute atomic E-state index is 0.878. The molecule has 0 amide bonds. The summed E-state index contributed by atoms with van der Waals surface area (Å²) in [7, 11) is 0. The van der Waals surface area contributed by atoms with Gasteiger partial charge in [0.2, 0.25) is 0 Å². The summed E-state index contributed by atoms with van der Waals surface area (Å²) in [5, 5.41) is 6.17. The molecule has 0 saturated heterocycles. The third-order valence-electron chi connectivity index (χ3n) is 10.2. The van der Waals surface area contributed by atoms with Crippen LogP contribution in [0.25, 0.3) is 72.0 Å². The Balaban J connectivity index is 1.14. The number of aryl methyl sites for hydroxylation is 1. The maximum atomic E-state index is 6.30. The highest BCUT2D eigenvalue weighted by Crippen LogP contribution is 2.43. The van der Waals surface area contributed by atoms with E-state index in [0.717, 1.165) is 39.4 Å². The lowest BCUT2D eigenvalue weighted by atomic mass is 9.94. The van der Waals surface area contributed by atoms with Gasteiger partial charge in [-0.3, -0.25) is 0 Å². The van der Waals surface area contributed by atoms with E-state index in [1.807, 2.05) is 6.92 Å². The van der Waals surface area contributed by atoms with Crippen LogP contribution in [0.2, 0.25) is 0 Å². The van der Waals surface area contributed by atoms with Gasteiger partial charge in [0.25, 0.3) is 0 Å². The molecule has 1 aromatic heterocycles. The van der Waals surface area contributed by atoms with E-state index in [4.69, 9.17) is 4.42 Å². The minimum Gasteiger partial charge on any atom is -0.461 e. The van der Waals surface area contributed by atoms with Gasteiger partial charge < -0.3 is 9.32 Å². The third kappa shape index (κ3) is 5.55. The molecule has 248 valence electrons. The van der Waals surface area contributed by atoms with Gasteiger partial charge in [-0.2, -0.15) is 0 Å². The highest BCUT2D eigenvalue weighted by molar-refractivity contribution is 6.12. The predicted octanol–water partition coefficient (Wildman–Crippen LogP) is 14.6. The predicted molar refractivity (Wildman–Crippen MR) is 222 cm³/mol. The van der Waals surface area contributed by atoms with Crippen LogP contribution in [0.15, 0.2) is 186 Å². The van der Waals surface area contributed by atoms with Crippen LogP contribution < -0.4 is 4.90 Å². The lowest BCUT2D eigenvalue weighted by Crippen LogP contribution is -2.10. The zero-order chi connectivity index (χ0) is 35.0. The molecule has 0 radical (unpaired) electrons. The second-order valence-corrected chi connectivity index (χ2v) is 13.3. The Morgan fingerprint density at radius 3 is 1.73 bits per heavy atom. The van der Waals surface area contributed by atoms with Crippen LogP contribution >= 0.6 is 0 Å². The first-order valence-electron chi connectivity index (χ1n) is 17.9. The quantitative estimate of drug-likeness (QED) is 0.157. The van der Waals surface area contributed by atoms with Crippen molar-refractivity contribution in [2.75, 3.05) is 4.90 Å². The Hall–Kier alpha value is -6.64. The van der Waals surface area contributed by atoms with Gasteiger partial charge in [0.1, 0.15) is 11.3 Å². The van der Waals surface area contributed by atoms with E-state index in [2.05, 4.69) is 200 Å². The second-order valence-electron chi connectivity index (χ2n) is 13.3. The molecule has 0 N–H and O–H groups in total. The summed E-state index contributed by atoms with van der Waals surface area (Å²) in [6, 6.07) is 63.3. The molecule has 9 rings (SSSR count). The SMILES string of the molecule is C/C=C\c1c(C)oc2cccc(N(c3ccc(-c4ccc(-c5ccccc5)cc4)cc3)c3ccc(-c4cccc5c4ccc4ccccc45)cc3)c12. The van der Waals surface area contributed by atoms with Crippen LogP contribution in [-0.2, 0) is 0 Å². The first kappa shape index (κ1) is 31.3. The van der Waals surface area contributed by atoms with Crippen molar-refractivity contribution < 1.29 is 4.42 Å². The van der Waals surface area contributed by atoms with Crippen LogP contribution in [0.5, 0.6) is 0 Å². The molecule has 1 heterocycles. The van der Waals surface area contributed by atoms with Crippen molar-refractivity contribution in [3.05, 3.63) is 193 Å². The molecule has 0 fully saturated rings. The number of hydrogen-bond donors (Lipinski definition) is 0. The van der Waals surface area contributed by atoms with Crippen molar-refractivity contribution >= 4 is 55.7 Å². The molecule has 0 aliphatic carbocycles. The summed E-state index contributed by atoms with van der Waals surface area (Å²) in [6.07, 6.45) is 4.23. The normalized spacial score (nSPS) is 11.6. The largest absolute Gasteiger partial charge is 0.461 e. The van der Waals surface area contributed by atoms with Crippen molar-refractivity contribution in [1.29, 1.82) is 0 Å². The molecule has 0 atom stereocenters. The van der Waals surface area contributed by atoms with Crippen molar-refractivity contribution in [3.8, 4) is 33.4 Å². The van der Waals surface area contributed by atoms with Crippen LogP contribution in [0.1, 0.15) is 18.2 Å². The Kier molecular flexibility index (Phi) is 7.98. The molecule has 0 aliphatic heterocycles. The summed E-state index contributed by atoms with van der Waals surface area (Å²) in [5.41, 5.74) is 12.4. The molecule has 0 spiro atoms. The minimum atomic E-state index is 0.878. The molecule has 0 aliphatic rings. The topological polar surface area (TPSA) is 16.4 Å². The first-order valence-corrected chi connectivity index (χ1v) is 17.9. The molecule has 52 heavy (non-hydrogen) atoms. The fourth-order valence-corrected chi connectivity index (χ4v) is 7.62. The van der Waals surface area contributed by atoms with Crippen LogP contribution in [-0.4, -0.2) is 0 Å². The summed E-state index contributed by atoms with van der Waals surface area (Å²) < 4.78 is 6.30. The van der Waals surface area contributed by atoms with E-state index in [0.29, 0.717) is 0 Å². The summed E-state index contributed by atoms with van der Waals surface area (Å²) in [5.74, 6) is 0.911. The van der Waals surface area contributed by atoms with Gasteiger partial charge in [0.15, 0.2) is 0 Å². The number of rotatable bonds is 7. The standard InChI is InChI=1S/C50H37NO/c1-3-11-43-34(2)52-49-19-10-18-48(50(43)49)51(41-29-24-38(25-30-41)37-22-20-36(21-23-37)35-12-5-4-6-13-35)42-31-26-40(27-32-42)45-16-9-17-46-44-15-8-7-14-39(44)28-33-47(45)46/h3-33H,1-2H3/b11-3-. The number of furan rings is 1. The molecule has 9 aromatic rings. The molecular formula is C50H37NO. The van der Waals surface area contributed by atoms with E-state index in [9.17, 15) is 0 Å². The number of allylic oxidation sites excluding steroid dienone is 1. The molecule has 0 saturated carbocycles. The maximum Gasteiger partial charge on any atom is 0.137 e. The summed E-state index contributed by atoms with van der Waals surface area (Å²) >= 11 is 0. The van der Waals surface area contributed by atoms with Crippen LogP contribution in [0.3, 0.4) is 0 Å². The highest BCUT2D eigenvalue weighted by Gasteiger charge is 2.20. The number of hydrogen-bond acceptors (Lipinski definition) is 2. The molecule has 2 heteroatoms. The fraction of sp³-hybridized carbons (Fsp3) is 0.0400. The van der Waals surface area contributed by atoms with Gasteiger partial charge in [-0.1, -0.05) is 152 Å². The highest BCUT2D eigenvalue weighted by atomic mass is 16.3. The molecular weight excluding hydrogens is 631 g/mol.